The maximum absolute atomic E-state index is 12.5. The predicted octanol–water partition coefficient (Wildman–Crippen LogP) is 1.24. The molecule has 2 saturated heterocycles. The Morgan fingerprint density at radius 3 is 2.93 bits per heavy atom. The van der Waals surface area contributed by atoms with Crippen LogP contribution >= 0.6 is 0 Å². The van der Waals surface area contributed by atoms with Crippen LogP contribution in [-0.2, 0) is 25.5 Å². The molecule has 4 rings (SSSR count). The van der Waals surface area contributed by atoms with Gasteiger partial charge in [0, 0.05) is 51.0 Å². The quantitative estimate of drug-likeness (QED) is 0.864. The van der Waals surface area contributed by atoms with Gasteiger partial charge < -0.3 is 19.9 Å². The fourth-order valence-electron chi connectivity index (χ4n) is 4.18. The number of benzene rings is 1. The number of rotatable bonds is 4. The second kappa shape index (κ2) is 7.31. The van der Waals surface area contributed by atoms with Gasteiger partial charge in [-0.3, -0.25) is 14.4 Å². The second-order valence-corrected chi connectivity index (χ2v) is 7.52. The maximum atomic E-state index is 12.5. The third kappa shape index (κ3) is 3.56. The first-order valence-electron chi connectivity index (χ1n) is 9.63. The summed E-state index contributed by atoms with van der Waals surface area (Å²) in [7, 11) is 0. The molecule has 3 amide bonds. The van der Waals surface area contributed by atoms with Gasteiger partial charge in [-0.1, -0.05) is 0 Å². The predicted molar refractivity (Wildman–Crippen MR) is 101 cm³/mol. The molecule has 3 aliphatic heterocycles. The van der Waals surface area contributed by atoms with Crippen molar-refractivity contribution in [2.24, 2.45) is 5.92 Å². The number of hydrogen-bond acceptors (Lipinski definition) is 4. The second-order valence-electron chi connectivity index (χ2n) is 7.52. The zero-order valence-electron chi connectivity index (χ0n) is 15.6. The minimum atomic E-state index is -0.333. The summed E-state index contributed by atoms with van der Waals surface area (Å²) in [4.78, 5) is 40.0. The third-order valence-electron chi connectivity index (χ3n) is 5.67. The Bertz CT molecular complexity index is 772. The van der Waals surface area contributed by atoms with E-state index in [9.17, 15) is 14.4 Å². The highest BCUT2D eigenvalue weighted by molar-refractivity contribution is 6.01. The molecule has 0 saturated carbocycles. The van der Waals surface area contributed by atoms with Crippen LogP contribution in [0.2, 0.25) is 0 Å². The van der Waals surface area contributed by atoms with E-state index in [0.717, 1.165) is 42.8 Å². The lowest BCUT2D eigenvalue weighted by atomic mass is 10.1. The molecule has 7 nitrogen and oxygen atoms in total. The highest BCUT2D eigenvalue weighted by atomic mass is 16.5. The summed E-state index contributed by atoms with van der Waals surface area (Å²) in [5, 5.41) is 2.93. The minimum absolute atomic E-state index is 0.0294. The Labute approximate surface area is 158 Å². The summed E-state index contributed by atoms with van der Waals surface area (Å²) in [5.41, 5.74) is 2.80. The SMILES string of the molecule is CC(=O)N1CCc2cc(N3CC(C(=O)NCC4CCCO4)CC3=O)ccc21. The topological polar surface area (TPSA) is 79.0 Å². The van der Waals surface area contributed by atoms with Crippen molar-refractivity contribution in [2.45, 2.75) is 38.7 Å². The van der Waals surface area contributed by atoms with Crippen LogP contribution in [0.1, 0.15) is 31.7 Å². The number of nitrogens with one attached hydrogen (secondary N) is 1. The van der Waals surface area contributed by atoms with Crippen molar-refractivity contribution in [1.29, 1.82) is 0 Å². The molecule has 0 aromatic heterocycles. The van der Waals surface area contributed by atoms with Crippen molar-refractivity contribution in [3.8, 4) is 0 Å². The van der Waals surface area contributed by atoms with E-state index >= 15 is 0 Å². The zero-order chi connectivity index (χ0) is 19.0. The highest BCUT2D eigenvalue weighted by Gasteiger charge is 2.36. The van der Waals surface area contributed by atoms with Crippen LogP contribution in [0.5, 0.6) is 0 Å². The van der Waals surface area contributed by atoms with Crippen LogP contribution in [0.3, 0.4) is 0 Å². The molecule has 0 aliphatic carbocycles. The van der Waals surface area contributed by atoms with Gasteiger partial charge in [-0.05, 0) is 43.0 Å². The van der Waals surface area contributed by atoms with Gasteiger partial charge in [-0.15, -0.1) is 0 Å². The normalized spacial score (nSPS) is 24.4. The van der Waals surface area contributed by atoms with Gasteiger partial charge in [0.15, 0.2) is 0 Å². The molecule has 27 heavy (non-hydrogen) atoms. The molecule has 0 radical (unpaired) electrons. The van der Waals surface area contributed by atoms with Crippen molar-refractivity contribution in [1.82, 2.24) is 5.32 Å². The van der Waals surface area contributed by atoms with E-state index in [0.29, 0.717) is 19.6 Å². The average molecular weight is 371 g/mol. The lowest BCUT2D eigenvalue weighted by Gasteiger charge is -2.19. The fraction of sp³-hybridized carbons (Fsp3) is 0.550. The summed E-state index contributed by atoms with van der Waals surface area (Å²) in [6, 6.07) is 5.74. The maximum Gasteiger partial charge on any atom is 0.227 e. The van der Waals surface area contributed by atoms with Gasteiger partial charge in [0.2, 0.25) is 17.7 Å². The number of fused-ring (bicyclic) bond motifs is 1. The fourth-order valence-corrected chi connectivity index (χ4v) is 4.18. The third-order valence-corrected chi connectivity index (χ3v) is 5.67. The molecule has 1 aromatic carbocycles. The summed E-state index contributed by atoms with van der Waals surface area (Å²) < 4.78 is 5.53. The molecule has 0 bridgehead atoms. The number of nitrogens with zero attached hydrogens (tertiary/aromatic N) is 2. The summed E-state index contributed by atoms with van der Waals surface area (Å²) in [5.74, 6) is -0.415. The van der Waals surface area contributed by atoms with E-state index < -0.39 is 0 Å². The monoisotopic (exact) mass is 371 g/mol. The number of ether oxygens (including phenoxy) is 1. The number of hydrogen-bond donors (Lipinski definition) is 1. The molecule has 3 aliphatic rings. The van der Waals surface area contributed by atoms with Crippen LogP contribution in [0, 0.1) is 5.92 Å². The largest absolute Gasteiger partial charge is 0.376 e. The number of carbonyl (C=O) groups is 3. The van der Waals surface area contributed by atoms with E-state index in [-0.39, 0.29) is 36.2 Å². The molecule has 2 unspecified atom stereocenters. The Morgan fingerprint density at radius 1 is 1.33 bits per heavy atom. The van der Waals surface area contributed by atoms with Crippen molar-refractivity contribution in [3.05, 3.63) is 23.8 Å². The molecule has 2 fully saturated rings. The van der Waals surface area contributed by atoms with E-state index in [1.165, 1.54) is 0 Å². The zero-order valence-corrected chi connectivity index (χ0v) is 15.6. The minimum Gasteiger partial charge on any atom is -0.376 e. The first kappa shape index (κ1) is 18.0. The van der Waals surface area contributed by atoms with Crippen LogP contribution in [-0.4, -0.2) is 50.1 Å². The smallest absolute Gasteiger partial charge is 0.227 e. The van der Waals surface area contributed by atoms with Crippen LogP contribution in [0.4, 0.5) is 11.4 Å². The van der Waals surface area contributed by atoms with Crippen LogP contribution in [0.15, 0.2) is 18.2 Å². The molecule has 144 valence electrons. The van der Waals surface area contributed by atoms with E-state index in [4.69, 9.17) is 4.74 Å². The molecule has 2 atom stereocenters. The lowest BCUT2D eigenvalue weighted by Crippen LogP contribution is -2.37. The first-order valence-corrected chi connectivity index (χ1v) is 9.63. The molecule has 1 N–H and O–H groups in total. The first-order chi connectivity index (χ1) is 13.0. The molecule has 3 heterocycles. The Balaban J connectivity index is 1.40. The summed E-state index contributed by atoms with van der Waals surface area (Å²) >= 11 is 0. The van der Waals surface area contributed by atoms with Crippen molar-refractivity contribution < 1.29 is 19.1 Å². The van der Waals surface area contributed by atoms with Gasteiger partial charge in [-0.25, -0.2) is 0 Å². The molecule has 0 spiro atoms. The number of anilines is 2. The van der Waals surface area contributed by atoms with Crippen molar-refractivity contribution in [2.75, 3.05) is 36.0 Å². The van der Waals surface area contributed by atoms with Crippen molar-refractivity contribution >= 4 is 29.1 Å². The number of amides is 3. The summed E-state index contributed by atoms with van der Waals surface area (Å²) in [6.07, 6.45) is 3.13. The molecule has 1 aromatic rings. The van der Waals surface area contributed by atoms with Gasteiger partial charge in [0.1, 0.15) is 0 Å². The van der Waals surface area contributed by atoms with Crippen LogP contribution < -0.4 is 15.1 Å². The Morgan fingerprint density at radius 2 is 2.19 bits per heavy atom. The van der Waals surface area contributed by atoms with Gasteiger partial charge in [-0.2, -0.15) is 0 Å². The molecular formula is C20H25N3O4. The van der Waals surface area contributed by atoms with Gasteiger partial charge >= 0.3 is 0 Å². The van der Waals surface area contributed by atoms with E-state index in [1.807, 2.05) is 18.2 Å². The number of carbonyl (C=O) groups excluding carboxylic acids is 3. The van der Waals surface area contributed by atoms with Crippen LogP contribution in [0.25, 0.3) is 0 Å². The van der Waals surface area contributed by atoms with Gasteiger partial charge in [0.05, 0.1) is 12.0 Å². The average Bonchev–Trinajstić information content (AvgIpc) is 3.38. The molecule has 7 heteroatoms. The molecular weight excluding hydrogens is 346 g/mol. The highest BCUT2D eigenvalue weighted by Crippen LogP contribution is 2.34. The lowest BCUT2D eigenvalue weighted by molar-refractivity contribution is -0.126. The standard InChI is InChI=1S/C20H25N3O4/c1-13(24)22-7-6-14-9-16(4-5-18(14)22)23-12-15(10-19(23)25)20(26)21-11-17-3-2-8-27-17/h4-5,9,15,17H,2-3,6-8,10-12H2,1H3,(H,21,26). The Hall–Kier alpha value is -2.41. The van der Waals surface area contributed by atoms with E-state index in [1.54, 1.807) is 16.7 Å². The van der Waals surface area contributed by atoms with E-state index in [2.05, 4.69) is 5.32 Å². The Kier molecular flexibility index (Phi) is 4.86. The van der Waals surface area contributed by atoms with Crippen molar-refractivity contribution in [3.63, 3.8) is 0 Å². The summed E-state index contributed by atoms with van der Waals surface area (Å²) in [6.45, 7) is 3.91. The van der Waals surface area contributed by atoms with Gasteiger partial charge in [0.25, 0.3) is 0 Å².